The van der Waals surface area contributed by atoms with Crippen LogP contribution in [0, 0.1) is 0 Å². The fourth-order valence-corrected chi connectivity index (χ4v) is 4.06. The van der Waals surface area contributed by atoms with E-state index in [1.54, 1.807) is 41.1 Å². The molecule has 10 heteroatoms. The third-order valence-electron chi connectivity index (χ3n) is 3.24. The molecule has 0 radical (unpaired) electrons. The van der Waals surface area contributed by atoms with Crippen LogP contribution >= 0.6 is 34.4 Å². The summed E-state index contributed by atoms with van der Waals surface area (Å²) in [5.74, 6) is -3.21. The Bertz CT molecular complexity index is 929. The van der Waals surface area contributed by atoms with E-state index in [-0.39, 0.29) is 18.2 Å². The monoisotopic (exact) mass is 425 g/mol. The van der Waals surface area contributed by atoms with Gasteiger partial charge in [0.25, 0.3) is 11.7 Å². The smallest absolute Gasteiger partial charge is 0.288 e. The van der Waals surface area contributed by atoms with Gasteiger partial charge in [0.1, 0.15) is 0 Å². The van der Waals surface area contributed by atoms with Crippen LogP contribution < -0.4 is 10.6 Å². The summed E-state index contributed by atoms with van der Waals surface area (Å²) in [4.78, 5) is 29.3. The van der Waals surface area contributed by atoms with Crippen LogP contribution in [0.3, 0.4) is 0 Å². The van der Waals surface area contributed by atoms with Crippen molar-refractivity contribution in [1.29, 1.82) is 0 Å². The fourth-order valence-electron chi connectivity index (χ4n) is 2.14. The van der Waals surface area contributed by atoms with Crippen molar-refractivity contribution in [1.82, 2.24) is 4.98 Å². The topological polar surface area (TPSA) is 71.1 Å². The van der Waals surface area contributed by atoms with Gasteiger partial charge in [-0.15, -0.1) is 22.7 Å². The molecule has 27 heavy (non-hydrogen) atoms. The Morgan fingerprint density at radius 3 is 2.67 bits per heavy atom. The average Bonchev–Trinajstić information content (AvgIpc) is 3.28. The zero-order valence-corrected chi connectivity index (χ0v) is 16.1. The van der Waals surface area contributed by atoms with Crippen LogP contribution in [0.1, 0.15) is 15.4 Å². The van der Waals surface area contributed by atoms with E-state index in [0.717, 1.165) is 0 Å². The van der Waals surface area contributed by atoms with Crippen LogP contribution in [0.25, 0.3) is 0 Å². The predicted octanol–water partition coefficient (Wildman–Crippen LogP) is 4.95. The summed E-state index contributed by atoms with van der Waals surface area (Å²) < 4.78 is 25.2. The number of carbonyl (C=O) groups excluding carboxylic acids is 2. The van der Waals surface area contributed by atoms with Crippen molar-refractivity contribution in [2.45, 2.75) is 17.1 Å². The zero-order chi connectivity index (χ0) is 19.2. The van der Waals surface area contributed by atoms with E-state index in [4.69, 9.17) is 0 Å². The molecular formula is C17H13F2N3O2S3. The molecule has 3 rings (SSSR count). The number of benzene rings is 1. The lowest BCUT2D eigenvalue weighted by Gasteiger charge is -2.09. The van der Waals surface area contributed by atoms with Crippen molar-refractivity contribution in [2.75, 3.05) is 10.6 Å². The van der Waals surface area contributed by atoms with Gasteiger partial charge in [-0.05, 0) is 23.6 Å². The van der Waals surface area contributed by atoms with E-state index in [2.05, 4.69) is 15.6 Å². The highest BCUT2D eigenvalue weighted by Gasteiger charge is 2.14. The number of anilines is 2. The highest BCUT2D eigenvalue weighted by Crippen LogP contribution is 2.31. The van der Waals surface area contributed by atoms with Crippen molar-refractivity contribution in [3.63, 3.8) is 0 Å². The van der Waals surface area contributed by atoms with Crippen molar-refractivity contribution >= 4 is 57.1 Å². The lowest BCUT2D eigenvalue weighted by atomic mass is 10.3. The van der Waals surface area contributed by atoms with Crippen molar-refractivity contribution in [2.24, 2.45) is 0 Å². The summed E-state index contributed by atoms with van der Waals surface area (Å²) in [6.45, 7) is 0. The molecule has 2 heterocycles. The number of thioether (sulfide) groups is 1. The number of para-hydroxylation sites is 1. The third kappa shape index (κ3) is 5.59. The number of hydrogen-bond donors (Lipinski definition) is 2. The van der Waals surface area contributed by atoms with E-state index in [1.807, 2.05) is 0 Å². The molecule has 2 amide bonds. The number of aromatic nitrogens is 1. The van der Waals surface area contributed by atoms with E-state index in [1.165, 1.54) is 28.7 Å². The Morgan fingerprint density at radius 1 is 1.11 bits per heavy atom. The average molecular weight is 426 g/mol. The molecule has 0 fully saturated rings. The number of amides is 2. The van der Waals surface area contributed by atoms with Crippen LogP contribution in [0.4, 0.5) is 19.6 Å². The zero-order valence-electron chi connectivity index (χ0n) is 13.6. The number of alkyl halides is 2. The first-order valence-corrected chi connectivity index (χ1v) is 10.3. The van der Waals surface area contributed by atoms with Gasteiger partial charge in [0.15, 0.2) is 5.13 Å². The molecule has 1 aromatic carbocycles. The summed E-state index contributed by atoms with van der Waals surface area (Å²) in [6.07, 6.45) is -0.0287. The van der Waals surface area contributed by atoms with Gasteiger partial charge in [-0.25, -0.2) is 4.98 Å². The summed E-state index contributed by atoms with van der Waals surface area (Å²) in [7, 11) is 0. The van der Waals surface area contributed by atoms with Gasteiger partial charge in [0.2, 0.25) is 5.91 Å². The van der Waals surface area contributed by atoms with Gasteiger partial charge in [-0.3, -0.25) is 14.9 Å². The molecule has 0 aliphatic rings. The molecule has 0 aliphatic heterocycles. The summed E-state index contributed by atoms with van der Waals surface area (Å²) in [5.41, 5.74) is 0.812. The van der Waals surface area contributed by atoms with Crippen LogP contribution in [0.2, 0.25) is 0 Å². The molecular weight excluding hydrogens is 412 g/mol. The van der Waals surface area contributed by atoms with E-state index in [9.17, 15) is 18.4 Å². The van der Waals surface area contributed by atoms with E-state index >= 15 is 0 Å². The maximum absolute atomic E-state index is 12.6. The van der Waals surface area contributed by atoms with Crippen LogP contribution in [-0.2, 0) is 11.2 Å². The van der Waals surface area contributed by atoms with Crippen LogP contribution in [0.5, 0.6) is 0 Å². The normalized spacial score (nSPS) is 10.8. The molecule has 0 atom stereocenters. The van der Waals surface area contributed by atoms with Crippen molar-refractivity contribution < 1.29 is 18.4 Å². The maximum atomic E-state index is 12.6. The second kappa shape index (κ2) is 9.07. The van der Waals surface area contributed by atoms with Gasteiger partial charge in [-0.1, -0.05) is 30.0 Å². The lowest BCUT2D eigenvalue weighted by molar-refractivity contribution is -0.115. The first-order valence-electron chi connectivity index (χ1n) is 7.64. The van der Waals surface area contributed by atoms with Gasteiger partial charge in [0, 0.05) is 10.3 Å². The van der Waals surface area contributed by atoms with Gasteiger partial charge >= 0.3 is 0 Å². The van der Waals surface area contributed by atoms with Gasteiger partial charge in [-0.2, -0.15) is 8.78 Å². The minimum absolute atomic E-state index is 0.0287. The standard InChI is InChI=1S/C17H13F2N3O2S3/c18-16(19)27-12-5-2-1-4-11(12)21-14(23)8-10-9-26-17(20-10)22-15(24)13-6-3-7-25-13/h1-7,9,16H,8H2,(H,21,23)(H,20,22,24). The number of halogens is 2. The van der Waals surface area contributed by atoms with Crippen LogP contribution in [-0.4, -0.2) is 22.6 Å². The van der Waals surface area contributed by atoms with Gasteiger partial charge < -0.3 is 5.32 Å². The molecule has 2 aromatic heterocycles. The van der Waals surface area contributed by atoms with Crippen molar-refractivity contribution in [3.05, 3.63) is 57.7 Å². The molecule has 0 spiro atoms. The highest BCUT2D eigenvalue weighted by atomic mass is 32.2. The Hall–Kier alpha value is -2.30. The van der Waals surface area contributed by atoms with Crippen molar-refractivity contribution in [3.8, 4) is 0 Å². The number of thiazole rings is 1. The molecule has 3 aromatic rings. The SMILES string of the molecule is O=C(Cc1csc(NC(=O)c2cccs2)n1)Nc1ccccc1SC(F)F. The number of nitrogens with zero attached hydrogens (tertiary/aromatic N) is 1. The Kier molecular flexibility index (Phi) is 6.54. The quantitative estimate of drug-likeness (QED) is 0.525. The molecule has 2 N–H and O–H groups in total. The van der Waals surface area contributed by atoms with E-state index in [0.29, 0.717) is 38.0 Å². The Labute approximate surface area is 165 Å². The molecule has 0 aliphatic carbocycles. The largest absolute Gasteiger partial charge is 0.325 e. The lowest BCUT2D eigenvalue weighted by Crippen LogP contribution is -2.15. The van der Waals surface area contributed by atoms with Gasteiger partial charge in [0.05, 0.1) is 22.7 Å². The summed E-state index contributed by atoms with van der Waals surface area (Å²) in [6, 6.07) is 9.86. The second-order valence-electron chi connectivity index (χ2n) is 5.18. The highest BCUT2D eigenvalue weighted by molar-refractivity contribution is 7.99. The van der Waals surface area contributed by atoms with Crippen LogP contribution in [0.15, 0.2) is 52.1 Å². The molecule has 0 bridgehead atoms. The molecule has 0 unspecified atom stereocenters. The minimum atomic E-state index is -2.57. The first kappa shape index (κ1) is 19.5. The van der Waals surface area contributed by atoms with E-state index < -0.39 is 5.76 Å². The fraction of sp³-hybridized carbons (Fsp3) is 0.118. The summed E-state index contributed by atoms with van der Waals surface area (Å²) in [5, 5.41) is 9.17. The number of nitrogens with one attached hydrogen (secondary N) is 2. The summed E-state index contributed by atoms with van der Waals surface area (Å²) >= 11 is 2.91. The number of carbonyl (C=O) groups is 2. The Morgan fingerprint density at radius 2 is 1.93 bits per heavy atom. The molecule has 140 valence electrons. The molecule has 5 nitrogen and oxygen atoms in total. The number of hydrogen-bond acceptors (Lipinski definition) is 6. The number of rotatable bonds is 7. The third-order valence-corrected chi connectivity index (χ3v) is 5.70. The molecule has 0 saturated heterocycles. The first-order chi connectivity index (χ1) is 13.0. The molecule has 0 saturated carbocycles. The Balaban J connectivity index is 1.59. The maximum Gasteiger partial charge on any atom is 0.288 e. The number of thiophene rings is 1. The minimum Gasteiger partial charge on any atom is -0.325 e. The predicted molar refractivity (Wildman–Crippen MR) is 105 cm³/mol. The second-order valence-corrected chi connectivity index (χ2v) is 8.01.